The number of carbonyl (C=O) groups excluding carboxylic acids is 1. The quantitative estimate of drug-likeness (QED) is 0.756. The monoisotopic (exact) mass is 310 g/mol. The average Bonchev–Trinajstić information content (AvgIpc) is 3.06. The molecule has 0 radical (unpaired) electrons. The molecule has 0 aromatic carbocycles. The van der Waals surface area contributed by atoms with E-state index in [9.17, 15) is 4.79 Å². The van der Waals surface area contributed by atoms with Crippen LogP contribution in [-0.4, -0.2) is 29.6 Å². The second-order valence-electron chi connectivity index (χ2n) is 4.75. The molecule has 0 saturated carbocycles. The van der Waals surface area contributed by atoms with Gasteiger partial charge in [0.2, 0.25) is 6.39 Å². The summed E-state index contributed by atoms with van der Waals surface area (Å²) in [5.41, 5.74) is 6.40. The summed E-state index contributed by atoms with van der Waals surface area (Å²) >= 11 is 1.31. The molecule has 2 aromatic heterocycles. The third-order valence-corrected chi connectivity index (χ3v) is 4.05. The van der Waals surface area contributed by atoms with Crippen LogP contribution < -0.4 is 15.8 Å². The maximum Gasteiger partial charge on any atom is 0.213 e. The summed E-state index contributed by atoms with van der Waals surface area (Å²) in [6.07, 6.45) is 1.89. The first kappa shape index (κ1) is 15.3. The summed E-state index contributed by atoms with van der Waals surface area (Å²) in [7, 11) is 1.53. The number of methoxy groups -OCH3 is 1. The summed E-state index contributed by atoms with van der Waals surface area (Å²) in [5.74, 6) is 1.03. The molecular formula is C13H18N4O3S. The molecule has 0 atom stereocenters. The topological polar surface area (TPSA) is 103 Å². The summed E-state index contributed by atoms with van der Waals surface area (Å²) in [6.45, 7) is 4.28. The number of rotatable bonds is 7. The number of nitrogens with zero attached hydrogens (tertiary/aromatic N) is 2. The van der Waals surface area contributed by atoms with E-state index in [4.69, 9.17) is 10.5 Å². The minimum atomic E-state index is -0.108. The van der Waals surface area contributed by atoms with Crippen LogP contribution in [0.2, 0.25) is 0 Å². The van der Waals surface area contributed by atoms with Crippen molar-refractivity contribution in [2.45, 2.75) is 20.3 Å². The summed E-state index contributed by atoms with van der Waals surface area (Å²) in [5, 5.41) is 7.67. The summed E-state index contributed by atoms with van der Waals surface area (Å²) in [6, 6.07) is 0. The number of ketones is 1. The molecule has 21 heavy (non-hydrogen) atoms. The molecule has 0 fully saturated rings. The Bertz CT molecular complexity index is 607. The molecular weight excluding hydrogens is 292 g/mol. The largest absolute Gasteiger partial charge is 0.492 e. The Morgan fingerprint density at radius 3 is 2.90 bits per heavy atom. The van der Waals surface area contributed by atoms with Gasteiger partial charge in [0.25, 0.3) is 0 Å². The van der Waals surface area contributed by atoms with Gasteiger partial charge in [-0.2, -0.15) is 4.98 Å². The van der Waals surface area contributed by atoms with E-state index in [-0.39, 0.29) is 11.7 Å². The van der Waals surface area contributed by atoms with E-state index < -0.39 is 0 Å². The molecule has 0 saturated heterocycles. The van der Waals surface area contributed by atoms with E-state index >= 15 is 0 Å². The van der Waals surface area contributed by atoms with Crippen molar-refractivity contribution in [2.24, 2.45) is 5.92 Å². The summed E-state index contributed by atoms with van der Waals surface area (Å²) < 4.78 is 9.96. The number of hydrogen-bond acceptors (Lipinski definition) is 8. The third-order valence-electron chi connectivity index (χ3n) is 2.89. The highest BCUT2D eigenvalue weighted by atomic mass is 32.1. The highest BCUT2D eigenvalue weighted by molar-refractivity contribution is 7.19. The standard InChI is InChI=1S/C13H18N4O3S/c1-7(2)10(18)12-9(14)11(19-3)13(21-12)15-5-4-8-16-6-20-17-8/h6-7,15H,4-5,14H2,1-3H3. The van der Waals surface area contributed by atoms with Gasteiger partial charge in [-0.1, -0.05) is 19.0 Å². The minimum absolute atomic E-state index is 0.0158. The Balaban J connectivity index is 2.11. The van der Waals surface area contributed by atoms with Crippen LogP contribution >= 0.6 is 11.3 Å². The van der Waals surface area contributed by atoms with Crippen LogP contribution in [0.1, 0.15) is 29.3 Å². The van der Waals surface area contributed by atoms with Crippen LogP contribution in [0, 0.1) is 5.92 Å². The Kier molecular flexibility index (Phi) is 4.79. The molecule has 2 aromatic rings. The zero-order valence-corrected chi connectivity index (χ0v) is 13.0. The summed E-state index contributed by atoms with van der Waals surface area (Å²) in [4.78, 5) is 16.6. The van der Waals surface area contributed by atoms with Crippen LogP contribution in [0.3, 0.4) is 0 Å². The van der Waals surface area contributed by atoms with Gasteiger partial charge in [-0.25, -0.2) is 0 Å². The highest BCUT2D eigenvalue weighted by Crippen LogP contribution is 2.43. The number of nitrogen functional groups attached to an aromatic ring is 1. The SMILES string of the molecule is COc1c(NCCc2ncon2)sc(C(=O)C(C)C)c1N. The molecule has 0 spiro atoms. The Labute approximate surface area is 126 Å². The molecule has 2 rings (SSSR count). The van der Waals surface area contributed by atoms with E-state index in [0.717, 1.165) is 5.00 Å². The maximum absolute atomic E-state index is 12.1. The van der Waals surface area contributed by atoms with Crippen LogP contribution in [0.4, 0.5) is 10.7 Å². The lowest BCUT2D eigenvalue weighted by molar-refractivity contribution is 0.0944. The lowest BCUT2D eigenvalue weighted by atomic mass is 10.1. The van der Waals surface area contributed by atoms with Gasteiger partial charge >= 0.3 is 0 Å². The second kappa shape index (κ2) is 6.57. The molecule has 3 N–H and O–H groups in total. The van der Waals surface area contributed by atoms with Gasteiger partial charge in [0.05, 0.1) is 17.7 Å². The molecule has 7 nitrogen and oxygen atoms in total. The van der Waals surface area contributed by atoms with Gasteiger partial charge < -0.3 is 20.3 Å². The van der Waals surface area contributed by atoms with Crippen molar-refractivity contribution in [2.75, 3.05) is 24.7 Å². The van der Waals surface area contributed by atoms with Gasteiger partial charge in [-0.3, -0.25) is 4.79 Å². The first-order valence-corrected chi connectivity index (χ1v) is 7.35. The molecule has 114 valence electrons. The fourth-order valence-corrected chi connectivity index (χ4v) is 2.99. The number of anilines is 2. The zero-order valence-electron chi connectivity index (χ0n) is 12.2. The van der Waals surface area contributed by atoms with Crippen molar-refractivity contribution in [1.29, 1.82) is 0 Å². The highest BCUT2D eigenvalue weighted by Gasteiger charge is 2.23. The lowest BCUT2D eigenvalue weighted by Gasteiger charge is -2.05. The fourth-order valence-electron chi connectivity index (χ4n) is 1.78. The smallest absolute Gasteiger partial charge is 0.213 e. The second-order valence-corrected chi connectivity index (χ2v) is 5.77. The van der Waals surface area contributed by atoms with Crippen molar-refractivity contribution in [1.82, 2.24) is 10.1 Å². The Morgan fingerprint density at radius 2 is 2.33 bits per heavy atom. The van der Waals surface area contributed by atoms with E-state index in [0.29, 0.717) is 35.1 Å². The Hall–Kier alpha value is -2.09. The van der Waals surface area contributed by atoms with E-state index in [1.807, 2.05) is 13.8 Å². The zero-order chi connectivity index (χ0) is 15.4. The van der Waals surface area contributed by atoms with E-state index in [1.54, 1.807) is 0 Å². The number of thiophene rings is 1. The number of nitrogens with two attached hydrogens (primary N) is 1. The molecule has 0 aliphatic heterocycles. The van der Waals surface area contributed by atoms with Crippen molar-refractivity contribution < 1.29 is 14.1 Å². The molecule has 0 bridgehead atoms. The first-order valence-electron chi connectivity index (χ1n) is 6.54. The molecule has 0 amide bonds. The number of aromatic nitrogens is 2. The number of ether oxygens (including phenoxy) is 1. The predicted octanol–water partition coefficient (Wildman–Crippen LogP) is 2.22. The molecule has 2 heterocycles. The van der Waals surface area contributed by atoms with Gasteiger partial charge in [-0.15, -0.1) is 11.3 Å². The number of hydrogen-bond donors (Lipinski definition) is 2. The van der Waals surface area contributed by atoms with Gasteiger partial charge in [0, 0.05) is 18.9 Å². The van der Waals surface area contributed by atoms with E-state index in [1.165, 1.54) is 24.8 Å². The molecule has 8 heteroatoms. The van der Waals surface area contributed by atoms with Gasteiger partial charge in [0.15, 0.2) is 17.4 Å². The van der Waals surface area contributed by atoms with Gasteiger partial charge in [0.1, 0.15) is 5.00 Å². The van der Waals surface area contributed by atoms with Crippen molar-refractivity contribution in [3.05, 3.63) is 17.1 Å². The molecule has 0 aliphatic carbocycles. The number of nitrogens with one attached hydrogen (secondary N) is 1. The normalized spacial score (nSPS) is 10.9. The predicted molar refractivity (Wildman–Crippen MR) is 80.9 cm³/mol. The molecule has 0 aliphatic rings. The van der Waals surface area contributed by atoms with Crippen molar-refractivity contribution in [3.8, 4) is 5.75 Å². The van der Waals surface area contributed by atoms with Crippen LogP contribution in [0.15, 0.2) is 10.9 Å². The van der Waals surface area contributed by atoms with Crippen molar-refractivity contribution >= 4 is 27.8 Å². The van der Waals surface area contributed by atoms with Gasteiger partial charge in [-0.05, 0) is 0 Å². The number of Topliss-reactive ketones (excluding diaryl/α,β-unsaturated/α-hetero) is 1. The average molecular weight is 310 g/mol. The van der Waals surface area contributed by atoms with E-state index in [2.05, 4.69) is 20.0 Å². The minimum Gasteiger partial charge on any atom is -0.492 e. The van der Waals surface area contributed by atoms with Crippen LogP contribution in [0.25, 0.3) is 0 Å². The lowest BCUT2D eigenvalue weighted by Crippen LogP contribution is -2.07. The fraction of sp³-hybridized carbons (Fsp3) is 0.462. The van der Waals surface area contributed by atoms with Crippen LogP contribution in [0.5, 0.6) is 5.75 Å². The Morgan fingerprint density at radius 1 is 1.57 bits per heavy atom. The number of carbonyl (C=O) groups is 1. The third kappa shape index (κ3) is 3.33. The van der Waals surface area contributed by atoms with Crippen LogP contribution in [-0.2, 0) is 6.42 Å². The first-order chi connectivity index (χ1) is 10.0. The molecule has 0 unspecified atom stereocenters. The van der Waals surface area contributed by atoms with Crippen molar-refractivity contribution in [3.63, 3.8) is 0 Å². The maximum atomic E-state index is 12.1.